The molecule has 0 spiro atoms. The maximum atomic E-state index is 10.1. The second kappa shape index (κ2) is 10.9. The van der Waals surface area contributed by atoms with E-state index in [9.17, 15) is 5.26 Å². The Labute approximate surface area is 273 Å². The summed E-state index contributed by atoms with van der Waals surface area (Å²) < 4.78 is 2.35. The van der Waals surface area contributed by atoms with E-state index in [1.807, 2.05) is 6.07 Å². The van der Waals surface area contributed by atoms with Gasteiger partial charge >= 0.3 is 0 Å². The van der Waals surface area contributed by atoms with Crippen LogP contribution in [-0.2, 0) is 0 Å². The molecule has 0 aliphatic carbocycles. The lowest BCUT2D eigenvalue weighted by Gasteiger charge is -2.21. The van der Waals surface area contributed by atoms with E-state index >= 15 is 0 Å². The molecule has 1 heterocycles. The van der Waals surface area contributed by atoms with Gasteiger partial charge in [0.05, 0.1) is 28.4 Å². The monoisotopic (exact) mass is 596 g/mol. The number of rotatable bonds is 4. The van der Waals surface area contributed by atoms with Crippen molar-refractivity contribution < 1.29 is 0 Å². The third-order valence-corrected chi connectivity index (χ3v) is 9.43. The summed E-state index contributed by atoms with van der Waals surface area (Å²) in [5, 5.41) is 17.4. The highest BCUT2D eigenvalue weighted by Gasteiger charge is 2.21. The van der Waals surface area contributed by atoms with Crippen LogP contribution in [-0.4, -0.2) is 4.57 Å². The summed E-state index contributed by atoms with van der Waals surface area (Å²) in [7, 11) is 0. The second-order valence-corrected chi connectivity index (χ2v) is 12.0. The summed E-state index contributed by atoms with van der Waals surface area (Å²) in [6, 6.07) is 62.6. The SMILES string of the molecule is N#Cc1ccc(-n2c3ccccc3c3ccccc32)c(-c2ccccc2-c2c3ccccc3c(-c3ccccc3)c3ccccc23)c1. The van der Waals surface area contributed by atoms with E-state index in [4.69, 9.17) is 0 Å². The van der Waals surface area contributed by atoms with Crippen LogP contribution in [0.15, 0.2) is 170 Å². The van der Waals surface area contributed by atoms with Gasteiger partial charge in [-0.3, -0.25) is 0 Å². The fourth-order valence-electron chi connectivity index (χ4n) is 7.47. The average Bonchev–Trinajstić information content (AvgIpc) is 3.48. The first-order chi connectivity index (χ1) is 23.3. The molecular formula is C45H28N2. The number of fused-ring (bicyclic) bond motifs is 5. The smallest absolute Gasteiger partial charge is 0.0991 e. The Kier molecular flexibility index (Phi) is 6.23. The van der Waals surface area contributed by atoms with Crippen molar-refractivity contribution in [3.63, 3.8) is 0 Å². The van der Waals surface area contributed by atoms with E-state index < -0.39 is 0 Å². The molecule has 47 heavy (non-hydrogen) atoms. The Bertz CT molecular complexity index is 2580. The second-order valence-electron chi connectivity index (χ2n) is 12.0. The lowest BCUT2D eigenvalue weighted by Crippen LogP contribution is -1.99. The molecule has 8 aromatic carbocycles. The fourth-order valence-corrected chi connectivity index (χ4v) is 7.47. The zero-order valence-corrected chi connectivity index (χ0v) is 25.6. The Hall–Kier alpha value is -6.43. The van der Waals surface area contributed by atoms with Crippen molar-refractivity contribution in [2.24, 2.45) is 0 Å². The molecule has 2 heteroatoms. The summed E-state index contributed by atoms with van der Waals surface area (Å²) in [5.41, 5.74) is 10.8. The van der Waals surface area contributed by atoms with Gasteiger partial charge in [-0.15, -0.1) is 0 Å². The zero-order valence-electron chi connectivity index (χ0n) is 25.6. The Morgan fingerprint density at radius 1 is 0.383 bits per heavy atom. The van der Waals surface area contributed by atoms with Crippen molar-refractivity contribution in [1.82, 2.24) is 4.57 Å². The number of nitriles is 1. The molecule has 2 nitrogen and oxygen atoms in total. The van der Waals surface area contributed by atoms with Crippen molar-refractivity contribution in [3.8, 4) is 45.1 Å². The standard InChI is InChI=1S/C45H28N2/c46-29-30-26-27-43(47-41-24-12-10-17-33(41)34-18-11-13-25-42(34)47)40(28-30)32-16-4-5-19-35(32)45-38-22-8-6-20-36(38)44(31-14-2-1-3-15-31)37-21-7-9-23-39(37)45/h1-28H. The Balaban J connectivity index is 1.40. The van der Waals surface area contributed by atoms with Crippen LogP contribution < -0.4 is 0 Å². The molecule has 0 saturated carbocycles. The molecule has 0 atom stereocenters. The molecule has 218 valence electrons. The molecule has 9 rings (SSSR count). The topological polar surface area (TPSA) is 28.7 Å². The minimum absolute atomic E-state index is 0.633. The molecule has 0 amide bonds. The molecule has 0 aliphatic heterocycles. The van der Waals surface area contributed by atoms with Crippen LogP contribution in [0.2, 0.25) is 0 Å². The molecule has 0 bridgehead atoms. The molecule has 0 N–H and O–H groups in total. The summed E-state index contributed by atoms with van der Waals surface area (Å²) in [4.78, 5) is 0. The van der Waals surface area contributed by atoms with Gasteiger partial charge in [0.2, 0.25) is 0 Å². The van der Waals surface area contributed by atoms with E-state index in [1.165, 1.54) is 49.0 Å². The van der Waals surface area contributed by atoms with Gasteiger partial charge in [-0.05, 0) is 79.7 Å². The van der Waals surface area contributed by atoms with Gasteiger partial charge in [-0.1, -0.05) is 140 Å². The van der Waals surface area contributed by atoms with Crippen LogP contribution in [0, 0.1) is 11.3 Å². The minimum atomic E-state index is 0.633. The maximum absolute atomic E-state index is 10.1. The van der Waals surface area contributed by atoms with Crippen LogP contribution in [0.4, 0.5) is 0 Å². The summed E-state index contributed by atoms with van der Waals surface area (Å²) in [6.45, 7) is 0. The maximum Gasteiger partial charge on any atom is 0.0991 e. The lowest BCUT2D eigenvalue weighted by atomic mass is 9.83. The highest BCUT2D eigenvalue weighted by Crippen LogP contribution is 2.47. The number of hydrogen-bond donors (Lipinski definition) is 0. The average molecular weight is 597 g/mol. The molecule has 0 unspecified atom stereocenters. The molecule has 0 radical (unpaired) electrons. The summed E-state index contributed by atoms with van der Waals surface area (Å²) in [6.07, 6.45) is 0. The number of hydrogen-bond acceptors (Lipinski definition) is 1. The van der Waals surface area contributed by atoms with Crippen molar-refractivity contribution in [2.75, 3.05) is 0 Å². The number of benzene rings is 8. The quantitative estimate of drug-likeness (QED) is 0.186. The highest BCUT2D eigenvalue weighted by atomic mass is 15.0. The summed E-state index contributed by atoms with van der Waals surface area (Å²) in [5.74, 6) is 0. The van der Waals surface area contributed by atoms with Crippen LogP contribution in [0.5, 0.6) is 0 Å². The van der Waals surface area contributed by atoms with E-state index in [1.54, 1.807) is 0 Å². The third kappa shape index (κ3) is 4.18. The van der Waals surface area contributed by atoms with Gasteiger partial charge in [0.1, 0.15) is 0 Å². The number of aromatic nitrogens is 1. The Morgan fingerprint density at radius 2 is 0.851 bits per heavy atom. The highest BCUT2D eigenvalue weighted by molar-refractivity contribution is 6.22. The first-order valence-electron chi connectivity index (χ1n) is 15.9. The van der Waals surface area contributed by atoms with Crippen LogP contribution in [0.1, 0.15) is 5.56 Å². The van der Waals surface area contributed by atoms with Gasteiger partial charge in [-0.2, -0.15) is 5.26 Å². The first-order valence-corrected chi connectivity index (χ1v) is 15.9. The molecule has 1 aromatic heterocycles. The van der Waals surface area contributed by atoms with Crippen LogP contribution in [0.3, 0.4) is 0 Å². The van der Waals surface area contributed by atoms with Crippen molar-refractivity contribution >= 4 is 43.4 Å². The molecule has 0 fully saturated rings. The van der Waals surface area contributed by atoms with Crippen molar-refractivity contribution in [3.05, 3.63) is 175 Å². The predicted molar refractivity (Wildman–Crippen MR) is 197 cm³/mol. The van der Waals surface area contributed by atoms with Gasteiger partial charge in [0, 0.05) is 16.3 Å². The zero-order chi connectivity index (χ0) is 31.3. The lowest BCUT2D eigenvalue weighted by molar-refractivity contribution is 1.18. The molecule has 0 aliphatic rings. The van der Waals surface area contributed by atoms with E-state index in [0.717, 1.165) is 33.4 Å². The van der Waals surface area contributed by atoms with Gasteiger partial charge in [0.15, 0.2) is 0 Å². The van der Waals surface area contributed by atoms with Gasteiger partial charge in [0.25, 0.3) is 0 Å². The molecule has 9 aromatic rings. The first kappa shape index (κ1) is 26.9. The number of para-hydroxylation sites is 2. The molecule has 0 saturated heterocycles. The minimum Gasteiger partial charge on any atom is -0.309 e. The largest absolute Gasteiger partial charge is 0.309 e. The van der Waals surface area contributed by atoms with Crippen molar-refractivity contribution in [2.45, 2.75) is 0 Å². The van der Waals surface area contributed by atoms with E-state index in [0.29, 0.717) is 5.56 Å². The van der Waals surface area contributed by atoms with Gasteiger partial charge in [-0.25, -0.2) is 0 Å². The van der Waals surface area contributed by atoms with Crippen LogP contribution >= 0.6 is 0 Å². The van der Waals surface area contributed by atoms with E-state index in [-0.39, 0.29) is 0 Å². The third-order valence-electron chi connectivity index (χ3n) is 9.43. The number of nitrogens with zero attached hydrogens (tertiary/aromatic N) is 2. The summed E-state index contributed by atoms with van der Waals surface area (Å²) >= 11 is 0. The van der Waals surface area contributed by atoms with Gasteiger partial charge < -0.3 is 4.57 Å². The normalized spacial score (nSPS) is 11.4. The fraction of sp³-hybridized carbons (Fsp3) is 0. The predicted octanol–water partition coefficient (Wildman–Crippen LogP) is 12.0. The van der Waals surface area contributed by atoms with Crippen LogP contribution in [0.25, 0.3) is 82.4 Å². The van der Waals surface area contributed by atoms with E-state index in [2.05, 4.69) is 174 Å². The molecular weight excluding hydrogens is 569 g/mol. The van der Waals surface area contributed by atoms with Crippen molar-refractivity contribution in [1.29, 1.82) is 5.26 Å². The Morgan fingerprint density at radius 3 is 1.43 bits per heavy atom.